The molecule has 4 nitrogen and oxygen atoms in total. The van der Waals surface area contributed by atoms with Crippen LogP contribution in [0.3, 0.4) is 0 Å². The minimum absolute atomic E-state index is 0.432. The third kappa shape index (κ3) is 2.27. The Morgan fingerprint density at radius 2 is 2.00 bits per heavy atom. The highest BCUT2D eigenvalue weighted by atomic mass is 35.5. The zero-order valence-corrected chi connectivity index (χ0v) is 8.94. The predicted octanol–water partition coefficient (Wildman–Crippen LogP) is 2.75. The lowest BCUT2D eigenvalue weighted by atomic mass is 10.2. The zero-order valence-electron chi connectivity index (χ0n) is 8.18. The van der Waals surface area contributed by atoms with E-state index in [9.17, 15) is 0 Å². The van der Waals surface area contributed by atoms with E-state index in [0.29, 0.717) is 22.2 Å². The van der Waals surface area contributed by atoms with Gasteiger partial charge in [-0.25, -0.2) is 9.97 Å². The van der Waals surface area contributed by atoms with Crippen molar-refractivity contribution in [3.63, 3.8) is 0 Å². The number of nitrogens with zero attached hydrogens (tertiary/aromatic N) is 3. The predicted molar refractivity (Wildman–Crippen MR) is 61.5 cm³/mol. The molecule has 0 saturated carbocycles. The van der Waals surface area contributed by atoms with Crippen molar-refractivity contribution in [2.24, 2.45) is 0 Å². The molecule has 0 unspecified atom stereocenters. The standard InChI is InChI=1S/C11H7ClN4/c12-9-3-2-8(7-13)10(6-9)16-11-14-4-1-5-15-11/h1-6H,(H,14,15,16). The molecule has 0 aliphatic rings. The Hall–Kier alpha value is -2.12. The Kier molecular flexibility index (Phi) is 2.99. The summed E-state index contributed by atoms with van der Waals surface area (Å²) in [5.74, 6) is 0.432. The number of halogens is 1. The number of hydrogen-bond acceptors (Lipinski definition) is 4. The van der Waals surface area contributed by atoms with E-state index in [4.69, 9.17) is 16.9 Å². The monoisotopic (exact) mass is 230 g/mol. The Morgan fingerprint density at radius 1 is 1.25 bits per heavy atom. The molecule has 1 aromatic heterocycles. The van der Waals surface area contributed by atoms with E-state index in [1.165, 1.54) is 0 Å². The van der Waals surface area contributed by atoms with Crippen LogP contribution < -0.4 is 5.32 Å². The highest BCUT2D eigenvalue weighted by Crippen LogP contribution is 2.22. The second-order valence-corrected chi connectivity index (χ2v) is 3.44. The fourth-order valence-electron chi connectivity index (χ4n) is 1.20. The minimum Gasteiger partial charge on any atom is -0.323 e. The molecule has 5 heteroatoms. The van der Waals surface area contributed by atoms with Gasteiger partial charge < -0.3 is 5.32 Å². The van der Waals surface area contributed by atoms with Crippen LogP contribution in [0.25, 0.3) is 0 Å². The molecular weight excluding hydrogens is 224 g/mol. The van der Waals surface area contributed by atoms with E-state index in [1.807, 2.05) is 0 Å². The van der Waals surface area contributed by atoms with Gasteiger partial charge in [-0.05, 0) is 24.3 Å². The van der Waals surface area contributed by atoms with Crippen LogP contribution in [0.1, 0.15) is 5.56 Å². The first-order valence-corrected chi connectivity index (χ1v) is 4.91. The number of benzene rings is 1. The van der Waals surface area contributed by atoms with E-state index in [2.05, 4.69) is 21.4 Å². The lowest BCUT2D eigenvalue weighted by Crippen LogP contribution is -1.97. The summed E-state index contributed by atoms with van der Waals surface area (Å²) in [6.07, 6.45) is 3.23. The van der Waals surface area contributed by atoms with E-state index in [1.54, 1.807) is 36.7 Å². The van der Waals surface area contributed by atoms with Crippen molar-refractivity contribution in [2.45, 2.75) is 0 Å². The number of nitrogens with one attached hydrogen (secondary N) is 1. The normalized spacial score (nSPS) is 9.50. The second-order valence-electron chi connectivity index (χ2n) is 3.00. The van der Waals surface area contributed by atoms with Gasteiger partial charge in [0.05, 0.1) is 11.3 Å². The Balaban J connectivity index is 2.35. The summed E-state index contributed by atoms with van der Waals surface area (Å²) in [6, 6.07) is 8.76. The van der Waals surface area contributed by atoms with Crippen LogP contribution in [0.5, 0.6) is 0 Å². The number of hydrogen-bond donors (Lipinski definition) is 1. The molecule has 16 heavy (non-hydrogen) atoms. The van der Waals surface area contributed by atoms with Crippen molar-refractivity contribution >= 4 is 23.2 Å². The van der Waals surface area contributed by atoms with E-state index in [0.717, 1.165) is 0 Å². The SMILES string of the molecule is N#Cc1ccc(Cl)cc1Nc1ncccn1. The van der Waals surface area contributed by atoms with Crippen molar-refractivity contribution in [3.05, 3.63) is 47.2 Å². The van der Waals surface area contributed by atoms with Gasteiger partial charge >= 0.3 is 0 Å². The smallest absolute Gasteiger partial charge is 0.227 e. The summed E-state index contributed by atoms with van der Waals surface area (Å²) in [4.78, 5) is 8.01. The van der Waals surface area contributed by atoms with Gasteiger partial charge in [-0.2, -0.15) is 5.26 Å². The lowest BCUT2D eigenvalue weighted by Gasteiger charge is -2.06. The number of aromatic nitrogens is 2. The molecule has 0 radical (unpaired) electrons. The molecule has 0 aliphatic carbocycles. The molecule has 0 saturated heterocycles. The summed E-state index contributed by atoms with van der Waals surface area (Å²) in [7, 11) is 0. The quantitative estimate of drug-likeness (QED) is 0.862. The average Bonchev–Trinajstić information content (AvgIpc) is 2.31. The van der Waals surface area contributed by atoms with E-state index in [-0.39, 0.29) is 0 Å². The summed E-state index contributed by atoms with van der Waals surface area (Å²) >= 11 is 5.85. The number of anilines is 2. The first-order valence-electron chi connectivity index (χ1n) is 4.53. The Bertz CT molecular complexity index is 533. The van der Waals surface area contributed by atoms with Crippen LogP contribution in [0.2, 0.25) is 5.02 Å². The molecule has 2 rings (SSSR count). The minimum atomic E-state index is 0.432. The number of rotatable bonds is 2. The van der Waals surface area contributed by atoms with Gasteiger partial charge in [0, 0.05) is 17.4 Å². The molecule has 0 amide bonds. The highest BCUT2D eigenvalue weighted by Gasteiger charge is 2.04. The van der Waals surface area contributed by atoms with Crippen molar-refractivity contribution < 1.29 is 0 Å². The maximum atomic E-state index is 8.91. The van der Waals surface area contributed by atoms with Crippen molar-refractivity contribution in [3.8, 4) is 6.07 Å². The topological polar surface area (TPSA) is 61.6 Å². The molecule has 0 bridgehead atoms. The van der Waals surface area contributed by atoms with Crippen LogP contribution in [0.4, 0.5) is 11.6 Å². The maximum Gasteiger partial charge on any atom is 0.227 e. The first kappa shape index (κ1) is 10.4. The van der Waals surface area contributed by atoms with Gasteiger partial charge in [0.1, 0.15) is 6.07 Å². The number of nitriles is 1. The zero-order chi connectivity index (χ0) is 11.4. The van der Waals surface area contributed by atoms with Crippen molar-refractivity contribution in [2.75, 3.05) is 5.32 Å². The maximum absolute atomic E-state index is 8.91. The van der Waals surface area contributed by atoms with Gasteiger partial charge in [-0.15, -0.1) is 0 Å². The van der Waals surface area contributed by atoms with Gasteiger partial charge in [0.2, 0.25) is 5.95 Å². The van der Waals surface area contributed by atoms with Crippen LogP contribution in [-0.2, 0) is 0 Å². The molecule has 2 aromatic rings. The Labute approximate surface area is 97.5 Å². The van der Waals surface area contributed by atoms with Crippen molar-refractivity contribution in [1.29, 1.82) is 5.26 Å². The molecule has 0 aliphatic heterocycles. The first-order chi connectivity index (χ1) is 7.79. The highest BCUT2D eigenvalue weighted by molar-refractivity contribution is 6.30. The molecule has 0 spiro atoms. The molecule has 1 heterocycles. The van der Waals surface area contributed by atoms with E-state index >= 15 is 0 Å². The van der Waals surface area contributed by atoms with Gasteiger partial charge in [-0.3, -0.25) is 0 Å². The van der Waals surface area contributed by atoms with Crippen LogP contribution in [-0.4, -0.2) is 9.97 Å². The fraction of sp³-hybridized carbons (Fsp3) is 0. The summed E-state index contributed by atoms with van der Waals surface area (Å²) < 4.78 is 0. The van der Waals surface area contributed by atoms with Crippen LogP contribution in [0, 0.1) is 11.3 Å². The molecule has 1 N–H and O–H groups in total. The van der Waals surface area contributed by atoms with Crippen LogP contribution in [0.15, 0.2) is 36.7 Å². The molecule has 78 valence electrons. The third-order valence-electron chi connectivity index (χ3n) is 1.91. The summed E-state index contributed by atoms with van der Waals surface area (Å²) in [6.45, 7) is 0. The van der Waals surface area contributed by atoms with Gasteiger partial charge in [0.15, 0.2) is 0 Å². The summed E-state index contributed by atoms with van der Waals surface area (Å²) in [5.41, 5.74) is 1.10. The molecule has 0 atom stereocenters. The van der Waals surface area contributed by atoms with Gasteiger partial charge in [-0.1, -0.05) is 11.6 Å². The molecule has 1 aromatic carbocycles. The van der Waals surface area contributed by atoms with Crippen molar-refractivity contribution in [1.82, 2.24) is 9.97 Å². The fourth-order valence-corrected chi connectivity index (χ4v) is 1.37. The molecule has 0 fully saturated rings. The summed E-state index contributed by atoms with van der Waals surface area (Å²) in [5, 5.41) is 12.4. The third-order valence-corrected chi connectivity index (χ3v) is 2.15. The lowest BCUT2D eigenvalue weighted by molar-refractivity contribution is 1.16. The largest absolute Gasteiger partial charge is 0.323 e. The average molecular weight is 231 g/mol. The Morgan fingerprint density at radius 3 is 2.69 bits per heavy atom. The second kappa shape index (κ2) is 4.60. The van der Waals surface area contributed by atoms with Crippen LogP contribution >= 0.6 is 11.6 Å². The van der Waals surface area contributed by atoms with E-state index < -0.39 is 0 Å². The molecular formula is C11H7ClN4. The van der Waals surface area contributed by atoms with Gasteiger partial charge in [0.25, 0.3) is 0 Å².